The van der Waals surface area contributed by atoms with Gasteiger partial charge in [0.25, 0.3) is 5.69 Å². The molecule has 2 aliphatic carbocycles. The molecule has 192 valence electrons. The predicted molar refractivity (Wildman–Crippen MR) is 145 cm³/mol. The summed E-state index contributed by atoms with van der Waals surface area (Å²) in [4.78, 5) is 37.9. The first-order valence-corrected chi connectivity index (χ1v) is 13.0. The molecule has 1 heterocycles. The molecular weight excluding hydrogens is 476 g/mol. The number of non-ortho nitro benzene ring substituents is 1. The van der Waals surface area contributed by atoms with Crippen molar-refractivity contribution < 1.29 is 9.72 Å². The molecule has 2 unspecified atom stereocenters. The molecule has 0 aliphatic heterocycles. The molecule has 3 aromatic carbocycles. The molecule has 38 heavy (non-hydrogen) atoms. The summed E-state index contributed by atoms with van der Waals surface area (Å²) in [5.74, 6) is 0.0387. The van der Waals surface area contributed by atoms with Crippen molar-refractivity contribution >= 4 is 22.6 Å². The number of nitrogens with zero attached hydrogens (tertiary/aromatic N) is 4. The minimum atomic E-state index is -0.882. The summed E-state index contributed by atoms with van der Waals surface area (Å²) in [6.45, 7) is 7.48. The number of amides is 1. The number of hydrogen-bond donors (Lipinski definition) is 0. The molecule has 2 atom stereocenters. The fourth-order valence-electron chi connectivity index (χ4n) is 6.75. The number of benzene rings is 3. The summed E-state index contributed by atoms with van der Waals surface area (Å²) in [6.07, 6.45) is 1.49. The van der Waals surface area contributed by atoms with Gasteiger partial charge in [-0.05, 0) is 35.4 Å². The average molecular weight is 507 g/mol. The van der Waals surface area contributed by atoms with Crippen molar-refractivity contribution in [2.75, 3.05) is 0 Å². The highest BCUT2D eigenvalue weighted by Crippen LogP contribution is 2.70. The molecule has 2 bridgehead atoms. The van der Waals surface area contributed by atoms with Gasteiger partial charge in [-0.25, -0.2) is 9.97 Å². The zero-order valence-electron chi connectivity index (χ0n) is 21.8. The van der Waals surface area contributed by atoms with Gasteiger partial charge >= 0.3 is 0 Å². The van der Waals surface area contributed by atoms with Crippen molar-refractivity contribution in [2.24, 2.45) is 5.41 Å². The first-order chi connectivity index (χ1) is 18.2. The van der Waals surface area contributed by atoms with E-state index in [-0.39, 0.29) is 17.0 Å². The number of fused-ring (bicyclic) bond motifs is 6. The Balaban J connectivity index is 1.52. The largest absolute Gasteiger partial charge is 0.333 e. The zero-order chi connectivity index (χ0) is 26.7. The van der Waals surface area contributed by atoms with Crippen molar-refractivity contribution in [1.82, 2.24) is 14.9 Å². The van der Waals surface area contributed by atoms with Gasteiger partial charge in [-0.15, -0.1) is 0 Å². The fourth-order valence-corrected chi connectivity index (χ4v) is 6.75. The molecule has 1 amide bonds. The van der Waals surface area contributed by atoms with Gasteiger partial charge in [0, 0.05) is 30.6 Å². The molecule has 7 heteroatoms. The van der Waals surface area contributed by atoms with E-state index in [1.54, 1.807) is 6.07 Å². The molecule has 2 aliphatic rings. The van der Waals surface area contributed by atoms with Gasteiger partial charge in [0.15, 0.2) is 0 Å². The minimum absolute atomic E-state index is 0.0319. The van der Waals surface area contributed by atoms with Crippen LogP contribution in [0.2, 0.25) is 0 Å². The summed E-state index contributed by atoms with van der Waals surface area (Å²) >= 11 is 0. The van der Waals surface area contributed by atoms with Crippen LogP contribution in [0.15, 0.2) is 78.9 Å². The topological polar surface area (TPSA) is 89.2 Å². The van der Waals surface area contributed by atoms with Gasteiger partial charge < -0.3 is 4.90 Å². The highest BCUT2D eigenvalue weighted by Gasteiger charge is 2.73. The lowest BCUT2D eigenvalue weighted by Crippen LogP contribution is -2.52. The quantitative estimate of drug-likeness (QED) is 0.233. The predicted octanol–water partition coefficient (Wildman–Crippen LogP) is 6.10. The Morgan fingerprint density at radius 1 is 0.842 bits per heavy atom. The van der Waals surface area contributed by atoms with Crippen LogP contribution >= 0.6 is 0 Å². The van der Waals surface area contributed by atoms with E-state index in [9.17, 15) is 14.9 Å². The van der Waals surface area contributed by atoms with Gasteiger partial charge in [0.1, 0.15) is 0 Å². The molecule has 1 aromatic heterocycles. The van der Waals surface area contributed by atoms with Crippen LogP contribution in [0.3, 0.4) is 0 Å². The van der Waals surface area contributed by atoms with E-state index >= 15 is 0 Å². The van der Waals surface area contributed by atoms with Crippen molar-refractivity contribution in [1.29, 1.82) is 0 Å². The second-order valence-corrected chi connectivity index (χ2v) is 11.3. The first-order valence-electron chi connectivity index (χ1n) is 13.0. The third kappa shape index (κ3) is 3.30. The maximum atomic E-state index is 14.9. The van der Waals surface area contributed by atoms with Crippen LogP contribution in [0.4, 0.5) is 5.69 Å². The van der Waals surface area contributed by atoms with E-state index in [0.717, 1.165) is 23.2 Å². The number of carbonyl (C=O) groups is 1. The molecule has 4 aromatic rings. The van der Waals surface area contributed by atoms with Crippen molar-refractivity contribution in [3.05, 3.63) is 111 Å². The summed E-state index contributed by atoms with van der Waals surface area (Å²) < 4.78 is 0. The number of rotatable bonds is 6. The highest BCUT2D eigenvalue weighted by molar-refractivity contribution is 5.93. The van der Waals surface area contributed by atoms with Crippen LogP contribution < -0.4 is 0 Å². The van der Waals surface area contributed by atoms with Gasteiger partial charge in [0.2, 0.25) is 5.91 Å². The van der Waals surface area contributed by atoms with E-state index in [1.807, 2.05) is 65.6 Å². The van der Waals surface area contributed by atoms with E-state index in [0.29, 0.717) is 36.2 Å². The number of carbonyl (C=O) groups excluding carboxylic acids is 1. The molecular formula is C31H30N4O3. The lowest BCUT2D eigenvalue weighted by atomic mass is 9.63. The number of hydrogen-bond acceptors (Lipinski definition) is 5. The van der Waals surface area contributed by atoms with Crippen molar-refractivity contribution in [3.8, 4) is 0 Å². The summed E-state index contributed by atoms with van der Waals surface area (Å²) in [6, 6.07) is 24.7. The third-order valence-electron chi connectivity index (χ3n) is 9.32. The normalized spacial score (nSPS) is 22.8. The second kappa shape index (κ2) is 8.45. The van der Waals surface area contributed by atoms with Crippen LogP contribution in [0.1, 0.15) is 56.1 Å². The van der Waals surface area contributed by atoms with Gasteiger partial charge in [-0.3, -0.25) is 14.9 Å². The summed E-state index contributed by atoms with van der Waals surface area (Å²) in [5, 5.41) is 11.5. The summed E-state index contributed by atoms with van der Waals surface area (Å²) in [5.41, 5.74) is 3.02. The van der Waals surface area contributed by atoms with Crippen LogP contribution in [0, 0.1) is 15.5 Å². The molecule has 6 rings (SSSR count). The monoisotopic (exact) mass is 506 g/mol. The second-order valence-electron chi connectivity index (χ2n) is 11.3. The fraction of sp³-hybridized carbons (Fsp3) is 0.323. The molecule has 0 radical (unpaired) electrons. The Morgan fingerprint density at radius 3 is 2.00 bits per heavy atom. The van der Waals surface area contributed by atoms with E-state index in [4.69, 9.17) is 9.97 Å². The maximum Gasteiger partial charge on any atom is 0.271 e. The zero-order valence-corrected chi connectivity index (χ0v) is 21.8. The third-order valence-corrected chi connectivity index (χ3v) is 9.32. The Kier molecular flexibility index (Phi) is 5.38. The van der Waals surface area contributed by atoms with Crippen molar-refractivity contribution in [3.63, 3.8) is 0 Å². The van der Waals surface area contributed by atoms with Crippen LogP contribution in [0.25, 0.3) is 11.0 Å². The van der Waals surface area contributed by atoms with Crippen LogP contribution in [0.5, 0.6) is 0 Å². The number of nitro benzene ring substituents is 1. The van der Waals surface area contributed by atoms with Crippen LogP contribution in [-0.2, 0) is 28.7 Å². The smallest absolute Gasteiger partial charge is 0.271 e. The number of nitro groups is 1. The maximum absolute atomic E-state index is 14.9. The average Bonchev–Trinajstić information content (AvgIpc) is 3.21. The standard InChI is InChI=1S/C31H30N4O3/c1-29(2)30(3)16-17-31(29,27-26(30)32-24-15-14-23(35(37)38)18-25(24)33-27)28(36)34(19-21-10-6-4-7-11-21)20-22-12-8-5-9-13-22/h4-15,18H,16-17,19-20H2,1-3H3. The Labute approximate surface area is 221 Å². The van der Waals surface area contributed by atoms with Crippen molar-refractivity contribution in [2.45, 2.75) is 57.5 Å². The Morgan fingerprint density at radius 2 is 1.42 bits per heavy atom. The molecule has 0 N–H and O–H groups in total. The Hall–Kier alpha value is -4.13. The Bertz CT molecular complexity index is 1530. The molecule has 1 fully saturated rings. The van der Waals surface area contributed by atoms with Gasteiger partial charge in [-0.1, -0.05) is 81.4 Å². The molecule has 0 spiro atoms. The van der Waals surface area contributed by atoms with E-state index < -0.39 is 15.8 Å². The summed E-state index contributed by atoms with van der Waals surface area (Å²) in [7, 11) is 0. The van der Waals surface area contributed by atoms with Gasteiger partial charge in [-0.2, -0.15) is 0 Å². The molecule has 0 saturated heterocycles. The van der Waals surface area contributed by atoms with E-state index in [1.165, 1.54) is 12.1 Å². The molecule has 1 saturated carbocycles. The van der Waals surface area contributed by atoms with E-state index in [2.05, 4.69) is 20.8 Å². The molecule has 7 nitrogen and oxygen atoms in total. The number of aromatic nitrogens is 2. The first kappa shape index (κ1) is 24.2. The SMILES string of the molecule is CC12CCC(C(=O)N(Cc3ccccc3)Cc3ccccc3)(c3nc4cc([N+](=O)[O-])ccc4nc31)C2(C)C. The highest BCUT2D eigenvalue weighted by atomic mass is 16.6. The van der Waals surface area contributed by atoms with Gasteiger partial charge in [0.05, 0.1) is 32.8 Å². The lowest BCUT2D eigenvalue weighted by Gasteiger charge is -2.42. The van der Waals surface area contributed by atoms with Crippen LogP contribution in [-0.4, -0.2) is 25.7 Å². The minimum Gasteiger partial charge on any atom is -0.333 e. The lowest BCUT2D eigenvalue weighted by molar-refractivity contribution is -0.384.